The largest absolute Gasteiger partial charge is 0.373 e. The summed E-state index contributed by atoms with van der Waals surface area (Å²) in [5.41, 5.74) is 3.61. The van der Waals surface area contributed by atoms with Gasteiger partial charge in [-0.2, -0.15) is 4.89 Å². The van der Waals surface area contributed by atoms with Gasteiger partial charge in [0.2, 0.25) is 0 Å². The maximum atomic E-state index is 12.0. The molecule has 1 aliphatic carbocycles. The second-order valence-electron chi connectivity index (χ2n) is 4.97. The Morgan fingerprint density at radius 3 is 2.17 bits per heavy atom. The molecule has 0 amide bonds. The molecule has 97 valence electrons. The van der Waals surface area contributed by atoms with Crippen molar-refractivity contribution in [3.8, 4) is 0 Å². The van der Waals surface area contributed by atoms with E-state index >= 15 is 0 Å². The molecule has 0 bridgehead atoms. The van der Waals surface area contributed by atoms with Crippen molar-refractivity contribution >= 4 is 5.97 Å². The summed E-state index contributed by atoms with van der Waals surface area (Å²) in [5.74, 6) is -0.399. The van der Waals surface area contributed by atoms with E-state index in [1.807, 2.05) is 32.9 Å². The Morgan fingerprint density at radius 1 is 1.06 bits per heavy atom. The SMILES string of the molecule is Cc1cc(C)c(C(=O)OO[C]2CCCC2)c(C)c1. The quantitative estimate of drug-likeness (QED) is 0.602. The third-order valence-electron chi connectivity index (χ3n) is 3.28. The lowest BCUT2D eigenvalue weighted by molar-refractivity contribution is -0.234. The number of carbonyl (C=O) groups excluding carboxylic acids is 1. The highest BCUT2D eigenvalue weighted by molar-refractivity contribution is 5.92. The highest BCUT2D eigenvalue weighted by Crippen LogP contribution is 2.28. The highest BCUT2D eigenvalue weighted by Gasteiger charge is 2.22. The van der Waals surface area contributed by atoms with Gasteiger partial charge in [-0.05, 0) is 44.7 Å². The third-order valence-corrected chi connectivity index (χ3v) is 3.28. The van der Waals surface area contributed by atoms with Gasteiger partial charge in [0.25, 0.3) is 0 Å². The standard InChI is InChI=1S/C15H19O3/c1-10-8-11(2)14(12(3)9-10)15(16)18-17-13-6-4-5-7-13/h8-9H,4-7H2,1-3H3. The molecular weight excluding hydrogens is 228 g/mol. The van der Waals surface area contributed by atoms with Gasteiger partial charge in [0.1, 0.15) is 6.10 Å². The molecule has 1 aromatic rings. The van der Waals surface area contributed by atoms with Gasteiger partial charge in [-0.15, -0.1) is 0 Å². The lowest BCUT2D eigenvalue weighted by atomic mass is 10.0. The molecule has 18 heavy (non-hydrogen) atoms. The summed E-state index contributed by atoms with van der Waals surface area (Å²) in [7, 11) is 0. The predicted octanol–water partition coefficient (Wildman–Crippen LogP) is 3.81. The first-order valence-electron chi connectivity index (χ1n) is 6.39. The molecule has 0 heterocycles. The molecule has 0 N–H and O–H groups in total. The average Bonchev–Trinajstić information content (AvgIpc) is 2.77. The molecule has 0 aliphatic heterocycles. The summed E-state index contributed by atoms with van der Waals surface area (Å²) in [6.45, 7) is 5.85. The van der Waals surface area contributed by atoms with Gasteiger partial charge in [0.05, 0.1) is 5.56 Å². The molecule has 1 aromatic carbocycles. The Morgan fingerprint density at radius 2 is 1.61 bits per heavy atom. The van der Waals surface area contributed by atoms with Crippen molar-refractivity contribution < 1.29 is 14.6 Å². The van der Waals surface area contributed by atoms with Crippen LogP contribution in [0.3, 0.4) is 0 Å². The summed E-state index contributed by atoms with van der Waals surface area (Å²) in [6, 6.07) is 3.96. The Labute approximate surface area is 108 Å². The Hall–Kier alpha value is -1.35. The molecule has 0 atom stereocenters. The van der Waals surface area contributed by atoms with E-state index in [4.69, 9.17) is 9.78 Å². The van der Waals surface area contributed by atoms with Gasteiger partial charge in [-0.25, -0.2) is 4.79 Å². The lowest BCUT2D eigenvalue weighted by Crippen LogP contribution is -2.11. The van der Waals surface area contributed by atoms with Crippen molar-refractivity contribution in [3.05, 3.63) is 40.5 Å². The topological polar surface area (TPSA) is 35.5 Å². The molecule has 3 nitrogen and oxygen atoms in total. The number of benzene rings is 1. The lowest BCUT2D eigenvalue weighted by Gasteiger charge is -2.12. The van der Waals surface area contributed by atoms with Crippen LogP contribution in [0.4, 0.5) is 0 Å². The number of carbonyl (C=O) groups is 1. The maximum absolute atomic E-state index is 12.0. The van der Waals surface area contributed by atoms with E-state index in [-0.39, 0.29) is 0 Å². The second-order valence-corrected chi connectivity index (χ2v) is 4.97. The third kappa shape index (κ3) is 2.91. The summed E-state index contributed by atoms with van der Waals surface area (Å²) < 4.78 is 0. The van der Waals surface area contributed by atoms with Crippen molar-refractivity contribution in [2.45, 2.75) is 46.5 Å². The number of rotatable bonds is 3. The fraction of sp³-hybridized carbons (Fsp3) is 0.467. The van der Waals surface area contributed by atoms with Gasteiger partial charge >= 0.3 is 5.97 Å². The minimum absolute atomic E-state index is 0.399. The number of aryl methyl sites for hydroxylation is 3. The highest BCUT2D eigenvalue weighted by atomic mass is 17.2. The van der Waals surface area contributed by atoms with Gasteiger partial charge in [0.15, 0.2) is 0 Å². The molecule has 1 radical (unpaired) electrons. The van der Waals surface area contributed by atoms with Crippen molar-refractivity contribution in [1.29, 1.82) is 0 Å². The van der Waals surface area contributed by atoms with E-state index in [0.717, 1.165) is 48.5 Å². The van der Waals surface area contributed by atoms with Crippen LogP contribution in [0.15, 0.2) is 12.1 Å². The zero-order chi connectivity index (χ0) is 13.1. The maximum Gasteiger partial charge on any atom is 0.373 e. The van der Waals surface area contributed by atoms with Crippen LogP contribution in [-0.4, -0.2) is 5.97 Å². The van der Waals surface area contributed by atoms with Crippen molar-refractivity contribution in [3.63, 3.8) is 0 Å². The smallest absolute Gasteiger partial charge is 0.292 e. The van der Waals surface area contributed by atoms with Crippen molar-refractivity contribution in [2.24, 2.45) is 0 Å². The fourth-order valence-electron chi connectivity index (χ4n) is 2.49. The van der Waals surface area contributed by atoms with Gasteiger partial charge in [0, 0.05) is 0 Å². The summed E-state index contributed by atoms with van der Waals surface area (Å²) in [4.78, 5) is 22.1. The monoisotopic (exact) mass is 247 g/mol. The van der Waals surface area contributed by atoms with Crippen molar-refractivity contribution in [1.82, 2.24) is 0 Å². The minimum atomic E-state index is -0.399. The Bertz CT molecular complexity index is 422. The molecule has 1 fully saturated rings. The first-order chi connectivity index (χ1) is 8.58. The van der Waals surface area contributed by atoms with Crippen LogP contribution < -0.4 is 0 Å². The van der Waals surface area contributed by atoms with Crippen LogP contribution in [0.25, 0.3) is 0 Å². The van der Waals surface area contributed by atoms with Gasteiger partial charge in [-0.3, -0.25) is 4.89 Å². The minimum Gasteiger partial charge on any atom is -0.292 e. The van der Waals surface area contributed by atoms with Gasteiger partial charge in [-0.1, -0.05) is 30.5 Å². The molecule has 1 saturated carbocycles. The zero-order valence-corrected chi connectivity index (χ0v) is 11.2. The number of hydrogen-bond donors (Lipinski definition) is 0. The van der Waals surface area contributed by atoms with E-state index < -0.39 is 5.97 Å². The van der Waals surface area contributed by atoms with Crippen LogP contribution in [0.2, 0.25) is 0 Å². The van der Waals surface area contributed by atoms with E-state index in [0.29, 0.717) is 5.56 Å². The molecule has 0 saturated heterocycles. The van der Waals surface area contributed by atoms with Gasteiger partial charge < -0.3 is 0 Å². The summed E-state index contributed by atoms with van der Waals surface area (Å²) >= 11 is 0. The molecule has 0 spiro atoms. The predicted molar refractivity (Wildman–Crippen MR) is 68.9 cm³/mol. The summed E-state index contributed by atoms with van der Waals surface area (Å²) in [6.07, 6.45) is 4.93. The molecular formula is C15H19O3. The van der Waals surface area contributed by atoms with Crippen LogP contribution in [0.5, 0.6) is 0 Å². The van der Waals surface area contributed by atoms with E-state index in [9.17, 15) is 4.79 Å². The Balaban J connectivity index is 2.04. The van der Waals surface area contributed by atoms with Crippen LogP contribution in [-0.2, 0) is 9.78 Å². The zero-order valence-electron chi connectivity index (χ0n) is 11.2. The molecule has 3 heteroatoms. The van der Waals surface area contributed by atoms with Crippen LogP contribution in [0, 0.1) is 26.9 Å². The first kappa shape index (κ1) is 13.1. The van der Waals surface area contributed by atoms with E-state index in [2.05, 4.69) is 0 Å². The average molecular weight is 247 g/mol. The molecule has 0 aromatic heterocycles. The van der Waals surface area contributed by atoms with Crippen LogP contribution in [0.1, 0.15) is 52.7 Å². The van der Waals surface area contributed by atoms with E-state index in [1.54, 1.807) is 0 Å². The Kier molecular flexibility index (Phi) is 4.02. The summed E-state index contributed by atoms with van der Waals surface area (Å²) in [5, 5.41) is 0. The molecule has 1 aliphatic rings. The normalized spacial score (nSPS) is 15.9. The number of hydrogen-bond acceptors (Lipinski definition) is 3. The molecule has 0 unspecified atom stereocenters. The van der Waals surface area contributed by atoms with Crippen molar-refractivity contribution in [2.75, 3.05) is 0 Å². The fourth-order valence-corrected chi connectivity index (χ4v) is 2.49. The molecule has 2 rings (SSSR count). The van der Waals surface area contributed by atoms with Crippen LogP contribution >= 0.6 is 0 Å². The first-order valence-corrected chi connectivity index (χ1v) is 6.39. The van der Waals surface area contributed by atoms with E-state index in [1.165, 1.54) is 0 Å². The second kappa shape index (κ2) is 5.53.